The van der Waals surface area contributed by atoms with Gasteiger partial charge in [0.05, 0.1) is 97.7 Å². The zero-order valence-electron chi connectivity index (χ0n) is 56.6. The third kappa shape index (κ3) is 16.7. The van der Waals surface area contributed by atoms with E-state index in [0.717, 1.165) is 11.1 Å². The first-order valence-corrected chi connectivity index (χ1v) is 31.4. The summed E-state index contributed by atoms with van der Waals surface area (Å²) in [6.45, 7) is 14.5. The molecule has 1 aliphatic rings. The molecule has 1 aliphatic carbocycles. The fourth-order valence-corrected chi connectivity index (χ4v) is 11.6. The number of hydrogen-bond donors (Lipinski definition) is 4. The van der Waals surface area contributed by atoms with Gasteiger partial charge in [-0.2, -0.15) is 0 Å². The number of carboxylic acids is 2. The van der Waals surface area contributed by atoms with E-state index in [1.807, 2.05) is 65.8 Å². The summed E-state index contributed by atoms with van der Waals surface area (Å²) in [5.41, 5.74) is 5.69. The van der Waals surface area contributed by atoms with Crippen molar-refractivity contribution in [3.8, 4) is 45.8 Å². The number of rotatable bonds is 20. The number of fused-ring (bicyclic) bond motifs is 8. The van der Waals surface area contributed by atoms with E-state index in [9.17, 15) is 58.8 Å². The number of carbonyl (C=O) groups excluding carboxylic acids is 6. The lowest BCUT2D eigenvalue weighted by Crippen LogP contribution is -2.15. The number of hydrogen-bond acceptors (Lipinski definition) is 20. The summed E-state index contributed by atoms with van der Waals surface area (Å²) in [7, 11) is 4.93. The molecule has 508 valence electrons. The molecule has 22 nitrogen and oxygen atoms in total. The molecule has 0 fully saturated rings. The number of pyridine rings is 4. The molecule has 9 rings (SSSR count). The van der Waals surface area contributed by atoms with Gasteiger partial charge in [-0.25, -0.2) is 29.1 Å². The summed E-state index contributed by atoms with van der Waals surface area (Å²) in [6, 6.07) is 25.5. The topological polar surface area (TPSA) is 324 Å². The van der Waals surface area contributed by atoms with E-state index >= 15 is 0 Å². The minimum atomic E-state index is -1.20. The molecular weight excluding hydrogens is 1260 g/mol. The number of nitrogens with zero attached hydrogens (tertiary/aromatic N) is 4. The van der Waals surface area contributed by atoms with Crippen LogP contribution in [-0.2, 0) is 78.3 Å². The molecule has 98 heavy (non-hydrogen) atoms. The minimum Gasteiger partial charge on any atom is -0.507 e. The van der Waals surface area contributed by atoms with E-state index in [1.54, 1.807) is 50.2 Å². The second-order valence-electron chi connectivity index (χ2n) is 26.1. The molecule has 4 N–H and O–H groups in total. The molecule has 0 saturated carbocycles. The molecule has 4 aromatic carbocycles. The number of phenolic OH excluding ortho intramolecular Hbond substituents is 2. The van der Waals surface area contributed by atoms with E-state index in [2.05, 4.69) is 9.97 Å². The number of aryl methyl sites for hydroxylation is 2. The average Bonchev–Trinajstić information content (AvgIpc) is 0.766. The fourth-order valence-electron chi connectivity index (χ4n) is 11.6. The highest BCUT2D eigenvalue weighted by molar-refractivity contribution is 5.99. The number of aromatic hydroxyl groups is 2. The highest BCUT2D eigenvalue weighted by Crippen LogP contribution is 2.43. The zero-order valence-corrected chi connectivity index (χ0v) is 56.6. The van der Waals surface area contributed by atoms with Gasteiger partial charge in [0.25, 0.3) is 0 Å². The van der Waals surface area contributed by atoms with Crippen molar-refractivity contribution >= 4 is 47.4 Å². The Hall–Kier alpha value is -11.2. The zero-order chi connectivity index (χ0) is 71.2. The van der Waals surface area contributed by atoms with Crippen molar-refractivity contribution in [3.05, 3.63) is 209 Å². The number of ether oxygens (including phenoxy) is 6. The first-order valence-electron chi connectivity index (χ1n) is 31.4. The monoisotopic (exact) mass is 1330 g/mol. The molecule has 0 atom stereocenters. The van der Waals surface area contributed by atoms with Gasteiger partial charge in [-0.15, -0.1) is 0 Å². The first-order chi connectivity index (χ1) is 46.3. The van der Waals surface area contributed by atoms with Gasteiger partial charge < -0.3 is 48.8 Å². The maximum atomic E-state index is 14.4. The van der Waals surface area contributed by atoms with Crippen LogP contribution in [0.2, 0.25) is 0 Å². The number of aromatic nitrogens is 4. The van der Waals surface area contributed by atoms with Crippen LogP contribution in [0.3, 0.4) is 0 Å². The van der Waals surface area contributed by atoms with Crippen LogP contribution < -0.4 is 9.47 Å². The average molecular weight is 1330 g/mol. The Morgan fingerprint density at radius 2 is 0.643 bits per heavy atom. The van der Waals surface area contributed by atoms with Gasteiger partial charge >= 0.3 is 35.8 Å². The molecular formula is C76H76N4O18. The summed E-state index contributed by atoms with van der Waals surface area (Å²) < 4.78 is 34.3. The van der Waals surface area contributed by atoms with Crippen LogP contribution in [0, 0.1) is 13.8 Å². The number of Topliss-reactive ketones (excluding diaryl/α,β-unsaturated/α-hetero) is 2. The van der Waals surface area contributed by atoms with Gasteiger partial charge in [-0.1, -0.05) is 65.8 Å². The number of esters is 4. The van der Waals surface area contributed by atoms with E-state index in [0.29, 0.717) is 55.9 Å². The lowest BCUT2D eigenvalue weighted by molar-refractivity contribution is -0.137. The molecule has 4 aromatic heterocycles. The molecule has 8 aromatic rings. The largest absolute Gasteiger partial charge is 0.507 e. The van der Waals surface area contributed by atoms with Crippen molar-refractivity contribution in [1.82, 2.24) is 19.9 Å². The van der Waals surface area contributed by atoms with Crippen molar-refractivity contribution < 1.29 is 87.2 Å². The van der Waals surface area contributed by atoms with Crippen LogP contribution in [0.15, 0.2) is 97.1 Å². The number of ketones is 2. The molecule has 8 bridgehead atoms. The van der Waals surface area contributed by atoms with Gasteiger partial charge in [-0.05, 0) is 153 Å². The minimum absolute atomic E-state index is 0.0642. The number of aliphatic carboxylic acids is 2. The summed E-state index contributed by atoms with van der Waals surface area (Å²) in [5.74, 6) is -6.19. The SMILES string of the molecule is COC(=O)c1cc(C)nc(-c2cc(C(=O)OC)cc(COc3c4cc(C(=O)CCC(=O)O)cc3Cc3cc(C(C)(C)C)cc(c3O)Cc3cc(C(=O)CCC(=O)O)cc(c3OCc3cc(C(=O)OC)cc(-c5cc(C(=O)OC)cc(C)n5)n3)Cc3cc(C(C)(C)C)cc(c3O)C4)n2)c1. The van der Waals surface area contributed by atoms with Crippen LogP contribution in [0.4, 0.5) is 0 Å². The lowest BCUT2D eigenvalue weighted by atomic mass is 9.81. The molecule has 0 unspecified atom stereocenters. The van der Waals surface area contributed by atoms with Crippen molar-refractivity contribution in [3.63, 3.8) is 0 Å². The Balaban J connectivity index is 1.30. The molecule has 0 spiro atoms. The summed E-state index contributed by atoms with van der Waals surface area (Å²) >= 11 is 0. The van der Waals surface area contributed by atoms with Crippen molar-refractivity contribution in [2.45, 2.75) is 131 Å². The van der Waals surface area contributed by atoms with Crippen molar-refractivity contribution in [2.24, 2.45) is 0 Å². The third-order valence-electron chi connectivity index (χ3n) is 16.7. The summed E-state index contributed by atoms with van der Waals surface area (Å²) in [4.78, 5) is 124. The number of carbonyl (C=O) groups is 8. The Bertz CT molecular complexity index is 4170. The van der Waals surface area contributed by atoms with Gasteiger partial charge in [0.15, 0.2) is 11.6 Å². The van der Waals surface area contributed by atoms with Crippen LogP contribution in [0.5, 0.6) is 23.0 Å². The number of benzene rings is 4. The maximum Gasteiger partial charge on any atom is 0.337 e. The second-order valence-corrected chi connectivity index (χ2v) is 26.1. The highest BCUT2D eigenvalue weighted by Gasteiger charge is 2.30. The Labute approximate surface area is 566 Å². The summed E-state index contributed by atoms with van der Waals surface area (Å²) in [5, 5.41) is 45.7. The second kappa shape index (κ2) is 29.5. The molecule has 0 saturated heterocycles. The van der Waals surface area contributed by atoms with E-state index in [-0.39, 0.29) is 142 Å². The van der Waals surface area contributed by atoms with Gasteiger partial charge in [0, 0.05) is 61.0 Å². The number of carboxylic acid groups (broad SMARTS) is 2. The van der Waals surface area contributed by atoms with Crippen LogP contribution >= 0.6 is 0 Å². The standard InChI is InChI=1S/C76H76N4O18/c1-39-17-51(71(89)93-9)33-59(77-39)61-35-53(73(91)95-11)31-57(79-61)37-97-69-47-19-41(63(81)13-15-65(83)84)20-48(69)24-44-28-56(76(6,7)8)30-46(68(44)88)26-50-22-42(64(82)14-16-66(85)86)21-49(25-45-29-55(75(3,4)5)27-43(23-47)67(45)87)70(50)98-38-58-32-54(74(92)96-12)36-62(80-58)60-34-52(72(90)94-10)18-40(2)78-60/h17-22,27-36,87-88H,13-16,23-26,37-38H2,1-12H3,(H,83,84)(H,85,86). The van der Waals surface area contributed by atoms with E-state index in [1.165, 1.54) is 64.8 Å². The Kier molecular flexibility index (Phi) is 21.4. The van der Waals surface area contributed by atoms with Gasteiger partial charge in [0.2, 0.25) is 0 Å². The molecule has 0 aliphatic heterocycles. The third-order valence-corrected chi connectivity index (χ3v) is 16.7. The van der Waals surface area contributed by atoms with Crippen LogP contribution in [0.1, 0.15) is 208 Å². The first kappa shape index (κ1) is 71.1. The van der Waals surface area contributed by atoms with Crippen molar-refractivity contribution in [1.29, 1.82) is 0 Å². The smallest absolute Gasteiger partial charge is 0.337 e. The molecule has 0 amide bonds. The quantitative estimate of drug-likeness (QED) is 0.0313. The lowest BCUT2D eigenvalue weighted by Gasteiger charge is -2.26. The molecule has 4 heterocycles. The van der Waals surface area contributed by atoms with E-state index in [4.69, 9.17) is 38.4 Å². The number of methoxy groups -OCH3 is 4. The van der Waals surface area contributed by atoms with Crippen molar-refractivity contribution in [2.75, 3.05) is 28.4 Å². The Morgan fingerprint density at radius 3 is 0.908 bits per heavy atom. The van der Waals surface area contributed by atoms with Gasteiger partial charge in [-0.3, -0.25) is 29.1 Å². The predicted molar refractivity (Wildman–Crippen MR) is 359 cm³/mol. The maximum absolute atomic E-state index is 14.4. The predicted octanol–water partition coefficient (Wildman–Crippen LogP) is 12.3. The van der Waals surface area contributed by atoms with E-state index < -0.39 is 71.1 Å². The highest BCUT2D eigenvalue weighted by atomic mass is 16.5. The van der Waals surface area contributed by atoms with Gasteiger partial charge in [0.1, 0.15) is 36.2 Å². The Morgan fingerprint density at radius 1 is 0.367 bits per heavy atom. The van der Waals surface area contributed by atoms with Crippen LogP contribution in [-0.4, -0.2) is 116 Å². The summed E-state index contributed by atoms with van der Waals surface area (Å²) in [6.07, 6.45) is -2.35. The molecule has 0 radical (unpaired) electrons. The fraction of sp³-hybridized carbons (Fsp3) is 0.316. The van der Waals surface area contributed by atoms with Crippen LogP contribution in [0.25, 0.3) is 22.8 Å². The number of phenols is 2. The molecule has 22 heteroatoms. The normalized spacial score (nSPS) is 12.0.